The van der Waals surface area contributed by atoms with Crippen molar-refractivity contribution in [1.82, 2.24) is 24.3 Å². The molecule has 0 bridgehead atoms. The van der Waals surface area contributed by atoms with Gasteiger partial charge in [0.15, 0.2) is 5.69 Å². The number of hydrogen-bond donors (Lipinski definition) is 1. The van der Waals surface area contributed by atoms with Crippen molar-refractivity contribution in [2.75, 3.05) is 11.9 Å². The van der Waals surface area contributed by atoms with Gasteiger partial charge < -0.3 is 14.6 Å². The zero-order valence-corrected chi connectivity index (χ0v) is 23.2. The van der Waals surface area contributed by atoms with Crippen molar-refractivity contribution in [2.24, 2.45) is 0 Å². The Kier molecular flexibility index (Phi) is 6.73. The van der Waals surface area contributed by atoms with Crippen LogP contribution < -0.4 is 5.32 Å². The van der Waals surface area contributed by atoms with Gasteiger partial charge in [0.2, 0.25) is 0 Å². The summed E-state index contributed by atoms with van der Waals surface area (Å²) in [7, 11) is 0. The maximum Gasteiger partial charge on any atom is 0.435 e. The number of hydrogen-bond acceptors (Lipinski definition) is 5. The van der Waals surface area contributed by atoms with Crippen molar-refractivity contribution >= 4 is 16.9 Å². The fourth-order valence-electron chi connectivity index (χ4n) is 5.77. The van der Waals surface area contributed by atoms with Crippen molar-refractivity contribution in [3.63, 3.8) is 0 Å². The number of alkyl halides is 3. The second-order valence-electron chi connectivity index (χ2n) is 11.2. The van der Waals surface area contributed by atoms with Gasteiger partial charge in [0.25, 0.3) is 0 Å². The molecule has 0 radical (unpaired) electrons. The molecule has 5 aromatic rings. The van der Waals surface area contributed by atoms with E-state index >= 15 is 0 Å². The van der Waals surface area contributed by atoms with Crippen LogP contribution in [0.1, 0.15) is 66.8 Å². The SMILES string of the molecule is Cc1cc(C(F)(F)F)nn1-c1ccc(CNc2cc3c(ncn3C3CCCCO3)c(-c3ccccc3C3CC3)n2)cc1. The summed E-state index contributed by atoms with van der Waals surface area (Å²) >= 11 is 0. The minimum absolute atomic E-state index is 0.0540. The third-order valence-electron chi connectivity index (χ3n) is 8.09. The van der Waals surface area contributed by atoms with Crippen LogP contribution in [0, 0.1) is 6.92 Å². The van der Waals surface area contributed by atoms with Crippen molar-refractivity contribution in [3.8, 4) is 16.9 Å². The molecular formula is C32H31F3N6O. The fourth-order valence-corrected chi connectivity index (χ4v) is 5.77. The van der Waals surface area contributed by atoms with E-state index in [4.69, 9.17) is 14.7 Å². The van der Waals surface area contributed by atoms with Crippen LogP contribution in [0.3, 0.4) is 0 Å². The normalized spacial score (nSPS) is 17.6. The summed E-state index contributed by atoms with van der Waals surface area (Å²) in [5.74, 6) is 1.28. The number of pyridine rings is 1. The lowest BCUT2D eigenvalue weighted by molar-refractivity contribution is -0.141. The van der Waals surface area contributed by atoms with Gasteiger partial charge in [0.05, 0.1) is 17.5 Å². The monoisotopic (exact) mass is 572 g/mol. The van der Waals surface area contributed by atoms with Crippen LogP contribution >= 0.6 is 0 Å². The van der Waals surface area contributed by atoms with Crippen LogP contribution in [0.4, 0.5) is 19.0 Å². The molecule has 2 aliphatic rings. The Balaban J connectivity index is 1.20. The molecule has 7 rings (SSSR count). The summed E-state index contributed by atoms with van der Waals surface area (Å²) in [5, 5.41) is 7.23. The minimum atomic E-state index is -4.48. The Morgan fingerprint density at radius 3 is 2.52 bits per heavy atom. The highest BCUT2D eigenvalue weighted by atomic mass is 19.4. The molecule has 0 spiro atoms. The first-order chi connectivity index (χ1) is 20.3. The lowest BCUT2D eigenvalue weighted by atomic mass is 9.99. The lowest BCUT2D eigenvalue weighted by Gasteiger charge is -2.24. The van der Waals surface area contributed by atoms with Gasteiger partial charge >= 0.3 is 6.18 Å². The molecule has 1 saturated heterocycles. The largest absolute Gasteiger partial charge is 0.435 e. The predicted molar refractivity (Wildman–Crippen MR) is 154 cm³/mol. The van der Waals surface area contributed by atoms with E-state index < -0.39 is 11.9 Å². The molecule has 1 saturated carbocycles. The van der Waals surface area contributed by atoms with Crippen LogP contribution in [-0.2, 0) is 17.5 Å². The molecule has 1 unspecified atom stereocenters. The first kappa shape index (κ1) is 26.7. The number of aromatic nitrogens is 5. The number of imidazole rings is 1. The number of nitrogens with one attached hydrogen (secondary N) is 1. The summed E-state index contributed by atoms with van der Waals surface area (Å²) in [6, 6.07) is 18.9. The topological polar surface area (TPSA) is 69.8 Å². The smallest absolute Gasteiger partial charge is 0.366 e. The van der Waals surface area contributed by atoms with Crippen molar-refractivity contribution in [1.29, 1.82) is 0 Å². The summed E-state index contributed by atoms with van der Waals surface area (Å²) in [6.45, 7) is 2.84. The fraction of sp³-hybridized carbons (Fsp3) is 0.344. The molecule has 42 heavy (non-hydrogen) atoms. The maximum atomic E-state index is 13.1. The highest BCUT2D eigenvalue weighted by molar-refractivity contribution is 5.92. The Hall–Kier alpha value is -4.18. The third kappa shape index (κ3) is 5.15. The second-order valence-corrected chi connectivity index (χ2v) is 11.2. The first-order valence-corrected chi connectivity index (χ1v) is 14.4. The van der Waals surface area contributed by atoms with Crippen LogP contribution in [-0.4, -0.2) is 30.9 Å². The van der Waals surface area contributed by atoms with E-state index in [2.05, 4.69) is 39.2 Å². The number of benzene rings is 2. The van der Waals surface area contributed by atoms with E-state index in [0.717, 1.165) is 65.6 Å². The van der Waals surface area contributed by atoms with E-state index in [1.807, 2.05) is 24.5 Å². The number of aryl methyl sites for hydroxylation is 1. The molecule has 1 atom stereocenters. The van der Waals surface area contributed by atoms with Gasteiger partial charge in [-0.15, -0.1) is 0 Å². The standard InChI is InChI=1S/C32H31F3N6O/c1-20-16-27(32(33,34)35)39-41(20)23-13-9-21(10-14-23)18-36-28-17-26-31(37-19-40(26)29-8-4-5-15-42-29)30(38-28)25-7-3-2-6-24(25)22-11-12-22/h2-3,6-7,9-10,13-14,16-17,19,22,29H,4-5,8,11-12,15,18H2,1H3,(H,36,38). The number of ether oxygens (including phenoxy) is 1. The predicted octanol–water partition coefficient (Wildman–Crippen LogP) is 7.80. The number of fused-ring (bicyclic) bond motifs is 1. The van der Waals surface area contributed by atoms with Gasteiger partial charge in [0.1, 0.15) is 23.3 Å². The number of rotatable bonds is 7. The summed E-state index contributed by atoms with van der Waals surface area (Å²) in [6.07, 6.45) is 2.84. The average Bonchev–Trinajstić information content (AvgIpc) is 3.64. The number of anilines is 1. The van der Waals surface area contributed by atoms with Gasteiger partial charge in [-0.25, -0.2) is 14.6 Å². The van der Waals surface area contributed by atoms with Crippen molar-refractivity contribution in [2.45, 2.75) is 63.9 Å². The molecule has 0 amide bonds. The molecule has 2 aromatic carbocycles. The van der Waals surface area contributed by atoms with Crippen molar-refractivity contribution in [3.05, 3.63) is 89.5 Å². The molecule has 10 heteroatoms. The van der Waals surface area contributed by atoms with Crippen LogP contribution in [0.5, 0.6) is 0 Å². The number of nitrogens with zero attached hydrogens (tertiary/aromatic N) is 5. The zero-order chi connectivity index (χ0) is 28.8. The highest BCUT2D eigenvalue weighted by Gasteiger charge is 2.34. The average molecular weight is 573 g/mol. The maximum absolute atomic E-state index is 13.1. The van der Waals surface area contributed by atoms with Crippen LogP contribution in [0.25, 0.3) is 28.0 Å². The van der Waals surface area contributed by atoms with Gasteiger partial charge in [-0.3, -0.25) is 0 Å². The van der Waals surface area contributed by atoms with E-state index in [-0.39, 0.29) is 6.23 Å². The zero-order valence-electron chi connectivity index (χ0n) is 23.2. The summed E-state index contributed by atoms with van der Waals surface area (Å²) in [5.41, 5.74) is 6.17. The highest BCUT2D eigenvalue weighted by Crippen LogP contribution is 2.45. The molecule has 1 N–H and O–H groups in total. The molecule has 3 aromatic heterocycles. The lowest BCUT2D eigenvalue weighted by Crippen LogP contribution is -2.17. The Bertz CT molecular complexity index is 1730. The van der Waals surface area contributed by atoms with Crippen LogP contribution in [0.2, 0.25) is 0 Å². The molecule has 2 fully saturated rings. The number of halogens is 3. The Morgan fingerprint density at radius 2 is 1.81 bits per heavy atom. The van der Waals surface area contributed by atoms with E-state index in [1.54, 1.807) is 19.1 Å². The van der Waals surface area contributed by atoms with E-state index in [1.165, 1.54) is 23.1 Å². The minimum Gasteiger partial charge on any atom is -0.366 e. The van der Waals surface area contributed by atoms with Gasteiger partial charge in [-0.1, -0.05) is 36.4 Å². The van der Waals surface area contributed by atoms with Crippen LogP contribution in [0.15, 0.2) is 67.0 Å². The van der Waals surface area contributed by atoms with Gasteiger partial charge in [-0.2, -0.15) is 18.3 Å². The second kappa shape index (κ2) is 10.6. The molecule has 7 nitrogen and oxygen atoms in total. The Labute approximate surface area is 241 Å². The van der Waals surface area contributed by atoms with E-state index in [9.17, 15) is 13.2 Å². The molecule has 1 aliphatic carbocycles. The first-order valence-electron chi connectivity index (χ1n) is 14.4. The van der Waals surface area contributed by atoms with Crippen molar-refractivity contribution < 1.29 is 17.9 Å². The summed E-state index contributed by atoms with van der Waals surface area (Å²) in [4.78, 5) is 9.90. The summed E-state index contributed by atoms with van der Waals surface area (Å²) < 4.78 is 48.9. The van der Waals surface area contributed by atoms with E-state index in [0.29, 0.717) is 23.8 Å². The Morgan fingerprint density at radius 1 is 1.00 bits per heavy atom. The van der Waals surface area contributed by atoms with Gasteiger partial charge in [-0.05, 0) is 74.3 Å². The molecular weight excluding hydrogens is 541 g/mol. The molecule has 1 aliphatic heterocycles. The molecule has 4 heterocycles. The third-order valence-corrected chi connectivity index (χ3v) is 8.09. The van der Waals surface area contributed by atoms with Gasteiger partial charge in [0, 0.05) is 30.5 Å². The quantitative estimate of drug-likeness (QED) is 0.216. The molecule has 216 valence electrons.